The zero-order valence-corrected chi connectivity index (χ0v) is 19.0. The molecular formula is C27H33F3N2. The van der Waals surface area contributed by atoms with Gasteiger partial charge in [-0.3, -0.25) is 4.90 Å². The lowest BCUT2D eigenvalue weighted by atomic mass is 9.65. The molecule has 32 heavy (non-hydrogen) atoms. The van der Waals surface area contributed by atoms with Gasteiger partial charge in [-0.2, -0.15) is 18.4 Å². The summed E-state index contributed by atoms with van der Waals surface area (Å²) in [5, 5.41) is 10.4. The second-order valence-corrected chi connectivity index (χ2v) is 9.11. The highest BCUT2D eigenvalue weighted by Gasteiger charge is 2.47. The highest BCUT2D eigenvalue weighted by Crippen LogP contribution is 2.49. The fourth-order valence-corrected chi connectivity index (χ4v) is 5.44. The van der Waals surface area contributed by atoms with Crippen LogP contribution in [0.5, 0.6) is 0 Å². The van der Waals surface area contributed by atoms with Crippen LogP contribution in [0.25, 0.3) is 0 Å². The molecule has 172 valence electrons. The Bertz CT molecular complexity index is 897. The van der Waals surface area contributed by atoms with Crippen molar-refractivity contribution >= 4 is 0 Å². The molecule has 1 aliphatic carbocycles. The lowest BCUT2D eigenvalue weighted by Gasteiger charge is -2.37. The zero-order chi connectivity index (χ0) is 23.2. The van der Waals surface area contributed by atoms with E-state index < -0.39 is 17.2 Å². The van der Waals surface area contributed by atoms with Crippen LogP contribution in [0.2, 0.25) is 0 Å². The Balaban J connectivity index is 1.90. The van der Waals surface area contributed by atoms with E-state index in [9.17, 15) is 18.4 Å². The summed E-state index contributed by atoms with van der Waals surface area (Å²) in [6, 6.07) is 18.6. The summed E-state index contributed by atoms with van der Waals surface area (Å²) < 4.78 is 41.8. The van der Waals surface area contributed by atoms with E-state index in [-0.39, 0.29) is 17.5 Å². The SMILES string of the molecule is CCC(CCC(C#N)(c1ccccc1C(F)(F)F)C1CCCC1)N(C)Cc1ccccc1. The molecule has 0 radical (unpaired) electrons. The molecule has 2 nitrogen and oxygen atoms in total. The fourth-order valence-electron chi connectivity index (χ4n) is 5.44. The maximum absolute atomic E-state index is 13.9. The standard InChI is InChI=1S/C27H33F3N2/c1-3-23(32(2)19-21-11-5-4-6-12-21)17-18-26(20-31,22-13-7-8-14-22)24-15-9-10-16-25(24)27(28,29)30/h4-6,9-12,15-16,22-23H,3,7-8,13-14,17-19H2,1-2H3. The van der Waals surface area contributed by atoms with Crippen LogP contribution in [0.4, 0.5) is 13.2 Å². The normalized spacial score (nSPS) is 17.8. The highest BCUT2D eigenvalue weighted by molar-refractivity contribution is 5.42. The van der Waals surface area contributed by atoms with Gasteiger partial charge < -0.3 is 0 Å². The van der Waals surface area contributed by atoms with Gasteiger partial charge in [0.15, 0.2) is 0 Å². The van der Waals surface area contributed by atoms with E-state index in [0.29, 0.717) is 12.8 Å². The van der Waals surface area contributed by atoms with Crippen LogP contribution in [-0.4, -0.2) is 18.0 Å². The number of nitrogens with zero attached hydrogens (tertiary/aromatic N) is 2. The Morgan fingerprint density at radius 3 is 2.16 bits per heavy atom. The van der Waals surface area contributed by atoms with E-state index in [1.807, 2.05) is 18.2 Å². The second-order valence-electron chi connectivity index (χ2n) is 9.11. The molecule has 0 spiro atoms. The minimum Gasteiger partial charge on any atom is -0.299 e. The third kappa shape index (κ3) is 5.35. The van der Waals surface area contributed by atoms with Crippen LogP contribution in [0, 0.1) is 17.2 Å². The minimum absolute atomic E-state index is 0.0343. The van der Waals surface area contributed by atoms with Gasteiger partial charge in [-0.25, -0.2) is 0 Å². The number of hydrogen-bond donors (Lipinski definition) is 0. The quantitative estimate of drug-likeness (QED) is 0.406. The molecule has 0 amide bonds. The Morgan fingerprint density at radius 1 is 1.00 bits per heavy atom. The van der Waals surface area contributed by atoms with Crippen LogP contribution < -0.4 is 0 Å². The topological polar surface area (TPSA) is 27.0 Å². The summed E-state index contributed by atoms with van der Waals surface area (Å²) in [6.45, 7) is 2.89. The third-order valence-corrected chi connectivity index (χ3v) is 7.21. The molecule has 2 aromatic carbocycles. The van der Waals surface area contributed by atoms with Crippen molar-refractivity contribution in [3.05, 3.63) is 71.3 Å². The fraction of sp³-hybridized carbons (Fsp3) is 0.519. The summed E-state index contributed by atoms with van der Waals surface area (Å²) in [5.74, 6) is -0.0343. The molecule has 2 atom stereocenters. The second kappa shape index (κ2) is 10.5. The minimum atomic E-state index is -4.47. The van der Waals surface area contributed by atoms with Crippen LogP contribution in [-0.2, 0) is 18.1 Å². The van der Waals surface area contributed by atoms with Crippen molar-refractivity contribution in [3.63, 3.8) is 0 Å². The molecule has 1 fully saturated rings. The van der Waals surface area contributed by atoms with E-state index in [2.05, 4.69) is 37.1 Å². The van der Waals surface area contributed by atoms with Crippen molar-refractivity contribution in [1.82, 2.24) is 4.90 Å². The van der Waals surface area contributed by atoms with Crippen LogP contribution in [0.15, 0.2) is 54.6 Å². The monoisotopic (exact) mass is 442 g/mol. The summed E-state index contributed by atoms with van der Waals surface area (Å²) in [7, 11) is 2.06. The summed E-state index contributed by atoms with van der Waals surface area (Å²) in [4.78, 5) is 2.27. The first kappa shape index (κ1) is 24.3. The number of benzene rings is 2. The van der Waals surface area contributed by atoms with E-state index in [1.54, 1.807) is 12.1 Å². The average molecular weight is 443 g/mol. The molecule has 0 aromatic heterocycles. The maximum Gasteiger partial charge on any atom is 0.416 e. The predicted octanol–water partition coefficient (Wildman–Crippen LogP) is 7.35. The highest BCUT2D eigenvalue weighted by atomic mass is 19.4. The molecule has 3 rings (SSSR count). The molecule has 1 saturated carbocycles. The summed E-state index contributed by atoms with van der Waals surface area (Å²) in [5.41, 5.74) is -0.385. The van der Waals surface area contributed by atoms with Crippen LogP contribution in [0.1, 0.15) is 68.6 Å². The van der Waals surface area contributed by atoms with Crippen molar-refractivity contribution in [1.29, 1.82) is 5.26 Å². The summed E-state index contributed by atoms with van der Waals surface area (Å²) >= 11 is 0. The van der Waals surface area contributed by atoms with Crippen molar-refractivity contribution in [3.8, 4) is 6.07 Å². The van der Waals surface area contributed by atoms with Gasteiger partial charge in [0, 0.05) is 12.6 Å². The Hall–Kier alpha value is -2.32. The largest absolute Gasteiger partial charge is 0.416 e. The molecule has 0 aliphatic heterocycles. The van der Waals surface area contributed by atoms with Crippen molar-refractivity contribution in [2.45, 2.75) is 76.0 Å². The molecule has 1 aliphatic rings. The van der Waals surface area contributed by atoms with Gasteiger partial charge in [-0.15, -0.1) is 0 Å². The maximum atomic E-state index is 13.9. The van der Waals surface area contributed by atoms with Gasteiger partial charge in [0.05, 0.1) is 17.0 Å². The van der Waals surface area contributed by atoms with Gasteiger partial charge in [-0.1, -0.05) is 68.3 Å². The first-order valence-electron chi connectivity index (χ1n) is 11.6. The van der Waals surface area contributed by atoms with E-state index in [1.165, 1.54) is 11.6 Å². The third-order valence-electron chi connectivity index (χ3n) is 7.21. The predicted molar refractivity (Wildman–Crippen MR) is 122 cm³/mol. The van der Waals surface area contributed by atoms with Crippen molar-refractivity contribution in [2.75, 3.05) is 7.05 Å². The summed E-state index contributed by atoms with van der Waals surface area (Å²) in [6.07, 6.45) is 1.14. The van der Waals surface area contributed by atoms with Crippen molar-refractivity contribution in [2.24, 2.45) is 5.92 Å². The number of hydrogen-bond acceptors (Lipinski definition) is 2. The number of nitriles is 1. The van der Waals surface area contributed by atoms with E-state index in [0.717, 1.165) is 44.7 Å². The lowest BCUT2D eigenvalue weighted by Crippen LogP contribution is -2.38. The number of rotatable bonds is 9. The zero-order valence-electron chi connectivity index (χ0n) is 19.0. The average Bonchev–Trinajstić information content (AvgIpc) is 3.32. The Morgan fingerprint density at radius 2 is 1.59 bits per heavy atom. The van der Waals surface area contributed by atoms with Gasteiger partial charge in [0.2, 0.25) is 0 Å². The first-order chi connectivity index (χ1) is 15.3. The van der Waals surface area contributed by atoms with Crippen LogP contribution in [0.3, 0.4) is 0 Å². The molecule has 0 bridgehead atoms. The van der Waals surface area contributed by atoms with Gasteiger partial charge in [0.25, 0.3) is 0 Å². The Kier molecular flexibility index (Phi) is 8.00. The van der Waals surface area contributed by atoms with E-state index >= 15 is 0 Å². The molecule has 5 heteroatoms. The smallest absolute Gasteiger partial charge is 0.299 e. The van der Waals surface area contributed by atoms with Gasteiger partial charge >= 0.3 is 6.18 Å². The molecule has 0 heterocycles. The Labute approximate surface area is 190 Å². The molecular weight excluding hydrogens is 409 g/mol. The molecule has 0 N–H and O–H groups in total. The van der Waals surface area contributed by atoms with Crippen molar-refractivity contribution < 1.29 is 13.2 Å². The molecule has 2 aromatic rings. The van der Waals surface area contributed by atoms with Gasteiger partial charge in [0.1, 0.15) is 0 Å². The number of alkyl halides is 3. The van der Waals surface area contributed by atoms with E-state index in [4.69, 9.17) is 0 Å². The van der Waals surface area contributed by atoms with Crippen LogP contribution >= 0.6 is 0 Å². The number of halogens is 3. The lowest BCUT2D eigenvalue weighted by molar-refractivity contribution is -0.138. The molecule has 0 saturated heterocycles. The van der Waals surface area contributed by atoms with Gasteiger partial charge in [-0.05, 0) is 62.3 Å². The first-order valence-corrected chi connectivity index (χ1v) is 11.6. The molecule has 2 unspecified atom stereocenters.